The molecule has 0 amide bonds. The van der Waals surface area contributed by atoms with E-state index in [0.29, 0.717) is 34.9 Å². The molecule has 1 aliphatic heterocycles. The molecule has 7 heteroatoms. The van der Waals surface area contributed by atoms with Gasteiger partial charge in [0.25, 0.3) is 0 Å². The van der Waals surface area contributed by atoms with Gasteiger partial charge in [-0.3, -0.25) is 9.78 Å². The summed E-state index contributed by atoms with van der Waals surface area (Å²) >= 11 is 0. The lowest BCUT2D eigenvalue weighted by Crippen LogP contribution is -2.40. The zero-order valence-corrected chi connectivity index (χ0v) is 15.7. The molecular formula is C21H18N2O4S. The van der Waals surface area contributed by atoms with Crippen LogP contribution in [0.15, 0.2) is 78.0 Å². The molecule has 2 unspecified atom stereocenters. The summed E-state index contributed by atoms with van der Waals surface area (Å²) in [5.41, 5.74) is 1.69. The number of fused-ring (bicyclic) bond motifs is 1. The predicted molar refractivity (Wildman–Crippen MR) is 104 cm³/mol. The van der Waals surface area contributed by atoms with Gasteiger partial charge in [0.1, 0.15) is 28.5 Å². The number of nitrogens with zero attached hydrogens (tertiary/aromatic N) is 2. The number of rotatable bonds is 5. The van der Waals surface area contributed by atoms with E-state index in [1.807, 2.05) is 18.2 Å². The third kappa shape index (κ3) is 3.67. The molecule has 2 aromatic carbocycles. The Morgan fingerprint density at radius 1 is 1.04 bits per heavy atom. The third-order valence-electron chi connectivity index (χ3n) is 4.60. The van der Waals surface area contributed by atoms with E-state index in [4.69, 9.17) is 4.74 Å². The molecule has 0 aliphatic carbocycles. The Hall–Kier alpha value is -3.03. The molecule has 28 heavy (non-hydrogen) atoms. The molecule has 1 N–H and O–H groups in total. The highest BCUT2D eigenvalue weighted by Gasteiger charge is 2.36. The van der Waals surface area contributed by atoms with Gasteiger partial charge in [-0.15, -0.1) is 0 Å². The van der Waals surface area contributed by atoms with E-state index in [1.165, 1.54) is 4.31 Å². The van der Waals surface area contributed by atoms with E-state index in [0.717, 1.165) is 5.56 Å². The lowest BCUT2D eigenvalue weighted by Gasteiger charge is -2.33. The fourth-order valence-electron chi connectivity index (χ4n) is 3.28. The highest BCUT2D eigenvalue weighted by Crippen LogP contribution is 2.33. The Morgan fingerprint density at radius 3 is 2.43 bits per heavy atom. The van der Waals surface area contributed by atoms with Crippen molar-refractivity contribution in [2.24, 2.45) is 0 Å². The van der Waals surface area contributed by atoms with Crippen molar-refractivity contribution in [2.75, 3.05) is 6.54 Å². The third-order valence-corrected chi connectivity index (χ3v) is 6.09. The minimum absolute atomic E-state index is 0.413. The van der Waals surface area contributed by atoms with Crippen molar-refractivity contribution in [3.8, 4) is 11.5 Å². The van der Waals surface area contributed by atoms with Crippen molar-refractivity contribution in [1.29, 1.82) is 0 Å². The number of aromatic nitrogens is 1. The predicted octanol–water partition coefficient (Wildman–Crippen LogP) is 3.58. The fraction of sp³-hybridized carbons (Fsp3) is 0.143. The maximum Gasteiger partial charge on any atom is 0.326 e. The van der Waals surface area contributed by atoms with Crippen LogP contribution >= 0.6 is 0 Å². The summed E-state index contributed by atoms with van der Waals surface area (Å²) in [4.78, 5) is 16.4. The molecule has 1 aromatic heterocycles. The highest BCUT2D eigenvalue weighted by atomic mass is 32.2. The summed E-state index contributed by atoms with van der Waals surface area (Å²) in [7, 11) is -1.60. The average molecular weight is 394 g/mol. The van der Waals surface area contributed by atoms with Gasteiger partial charge >= 0.3 is 5.97 Å². The van der Waals surface area contributed by atoms with Gasteiger partial charge in [-0.25, -0.2) is 8.51 Å². The number of carbonyl (C=O) groups is 1. The van der Waals surface area contributed by atoms with Crippen molar-refractivity contribution in [3.63, 3.8) is 0 Å². The topological polar surface area (TPSA) is 79.7 Å². The molecule has 0 bridgehead atoms. The highest BCUT2D eigenvalue weighted by molar-refractivity contribution is 7.82. The molecule has 2 atom stereocenters. The molecule has 0 saturated carbocycles. The summed E-state index contributed by atoms with van der Waals surface area (Å²) < 4.78 is 20.4. The first-order valence-corrected chi connectivity index (χ1v) is 9.91. The number of ether oxygens (including phenoxy) is 1. The minimum Gasteiger partial charge on any atom is -0.480 e. The fourth-order valence-corrected chi connectivity index (χ4v) is 4.57. The van der Waals surface area contributed by atoms with Crippen LogP contribution in [0.1, 0.15) is 17.2 Å². The van der Waals surface area contributed by atoms with E-state index in [-0.39, 0.29) is 0 Å². The number of hydrogen-bond acceptors (Lipinski definition) is 4. The van der Waals surface area contributed by atoms with Crippen LogP contribution in [-0.2, 0) is 22.2 Å². The van der Waals surface area contributed by atoms with Crippen LogP contribution in [0.25, 0.3) is 0 Å². The Bertz CT molecular complexity index is 1010. The van der Waals surface area contributed by atoms with Crippen molar-refractivity contribution < 1.29 is 18.8 Å². The monoisotopic (exact) mass is 394 g/mol. The van der Waals surface area contributed by atoms with Crippen LogP contribution in [0.4, 0.5) is 0 Å². The van der Waals surface area contributed by atoms with Gasteiger partial charge in [-0.05, 0) is 53.9 Å². The zero-order valence-electron chi connectivity index (χ0n) is 14.9. The summed E-state index contributed by atoms with van der Waals surface area (Å²) in [5.74, 6) is 0.256. The van der Waals surface area contributed by atoms with Gasteiger partial charge in [0.15, 0.2) is 0 Å². The second-order valence-corrected chi connectivity index (χ2v) is 7.77. The summed E-state index contributed by atoms with van der Waals surface area (Å²) in [6, 6.07) is 16.8. The molecule has 0 fully saturated rings. The second-order valence-electron chi connectivity index (χ2n) is 6.34. The molecule has 0 saturated heterocycles. The molecule has 1 aliphatic rings. The smallest absolute Gasteiger partial charge is 0.326 e. The Kier molecular flexibility index (Phi) is 5.18. The number of aliphatic carboxylic acids is 1. The van der Waals surface area contributed by atoms with E-state index in [1.54, 1.807) is 54.9 Å². The van der Waals surface area contributed by atoms with Crippen LogP contribution in [0.5, 0.6) is 11.5 Å². The zero-order chi connectivity index (χ0) is 19.5. The number of hydrogen-bond donors (Lipinski definition) is 1. The van der Waals surface area contributed by atoms with Gasteiger partial charge in [0.05, 0.1) is 4.90 Å². The summed E-state index contributed by atoms with van der Waals surface area (Å²) in [6.07, 6.45) is 3.94. The number of benzene rings is 2. The van der Waals surface area contributed by atoms with Crippen molar-refractivity contribution in [2.45, 2.75) is 17.4 Å². The Labute approximate surface area is 165 Å². The quantitative estimate of drug-likeness (QED) is 0.715. The second kappa shape index (κ2) is 7.92. The first-order valence-electron chi connectivity index (χ1n) is 8.80. The lowest BCUT2D eigenvalue weighted by atomic mass is 9.94. The average Bonchev–Trinajstić information content (AvgIpc) is 2.73. The molecular weight excluding hydrogens is 376 g/mol. The van der Waals surface area contributed by atoms with Gasteiger partial charge in [0, 0.05) is 18.9 Å². The standard InChI is InChI=1S/C21H18N2O4S/c24-21(25)20-19-4-2-1-3-15(19)11-14-23(20)28(26)18-7-5-16(6-8-18)27-17-9-12-22-13-10-17/h1-10,12-13,20H,11,14H2,(H,24,25). The van der Waals surface area contributed by atoms with E-state index in [2.05, 4.69) is 4.98 Å². The molecule has 6 nitrogen and oxygen atoms in total. The normalized spacial score (nSPS) is 17.5. The van der Waals surface area contributed by atoms with Crippen LogP contribution in [-0.4, -0.2) is 31.1 Å². The maximum absolute atomic E-state index is 13.1. The van der Waals surface area contributed by atoms with Crippen molar-refractivity contribution in [3.05, 3.63) is 84.2 Å². The van der Waals surface area contributed by atoms with E-state index < -0.39 is 23.0 Å². The SMILES string of the molecule is O=C(O)C1c2ccccc2CCN1S(=O)c1ccc(Oc2ccncc2)cc1. The number of pyridine rings is 1. The summed E-state index contributed by atoms with van der Waals surface area (Å²) in [6.45, 7) is 0.413. The summed E-state index contributed by atoms with van der Waals surface area (Å²) in [5, 5.41) is 9.76. The first kappa shape index (κ1) is 18.3. The molecule has 2 heterocycles. The molecule has 4 rings (SSSR count). The first-order chi connectivity index (χ1) is 13.6. The van der Waals surface area contributed by atoms with Gasteiger partial charge < -0.3 is 9.84 Å². The molecule has 0 radical (unpaired) electrons. The van der Waals surface area contributed by atoms with E-state index >= 15 is 0 Å². The van der Waals surface area contributed by atoms with E-state index in [9.17, 15) is 14.1 Å². The number of carboxylic acids is 1. The van der Waals surface area contributed by atoms with Gasteiger partial charge in [-0.1, -0.05) is 24.3 Å². The largest absolute Gasteiger partial charge is 0.480 e. The van der Waals surface area contributed by atoms with Gasteiger partial charge in [-0.2, -0.15) is 0 Å². The molecule has 142 valence electrons. The van der Waals surface area contributed by atoms with Gasteiger partial charge in [0.2, 0.25) is 0 Å². The molecule has 0 spiro atoms. The minimum atomic E-state index is -1.60. The van der Waals surface area contributed by atoms with Crippen molar-refractivity contribution in [1.82, 2.24) is 9.29 Å². The Balaban J connectivity index is 1.56. The molecule has 3 aromatic rings. The van der Waals surface area contributed by atoms with Crippen molar-refractivity contribution >= 4 is 17.0 Å². The Morgan fingerprint density at radius 2 is 1.71 bits per heavy atom. The van der Waals surface area contributed by atoms with Crippen LogP contribution in [0, 0.1) is 0 Å². The van der Waals surface area contributed by atoms with Crippen LogP contribution < -0.4 is 4.74 Å². The van der Waals surface area contributed by atoms with Crippen LogP contribution in [0.3, 0.4) is 0 Å². The number of carboxylic acid groups (broad SMARTS) is 1. The lowest BCUT2D eigenvalue weighted by molar-refractivity contribution is -0.141. The maximum atomic E-state index is 13.1. The van der Waals surface area contributed by atoms with Crippen LogP contribution in [0.2, 0.25) is 0 Å².